The molecule has 0 saturated heterocycles. The lowest BCUT2D eigenvalue weighted by Crippen LogP contribution is -2.40. The molecule has 1 aliphatic rings. The van der Waals surface area contributed by atoms with Gasteiger partial charge in [-0.3, -0.25) is 14.6 Å². The molecule has 1 aromatic carbocycles. The van der Waals surface area contributed by atoms with Gasteiger partial charge >= 0.3 is 0 Å². The Kier molecular flexibility index (Phi) is 4.42. The van der Waals surface area contributed by atoms with Gasteiger partial charge in [-0.15, -0.1) is 0 Å². The molecular weight excluding hydrogens is 371 g/mol. The molecule has 29 heavy (non-hydrogen) atoms. The Hall–Kier alpha value is -3.53. The SMILES string of the molecule is Cc1c(C2(C(=O)N[C@@H](C)c3ccc(C#N)cn3)CC2)c(=O)[nH]c2ccc(F)cc12. The van der Waals surface area contributed by atoms with E-state index in [-0.39, 0.29) is 17.5 Å². The van der Waals surface area contributed by atoms with E-state index in [2.05, 4.69) is 15.3 Å². The van der Waals surface area contributed by atoms with Crippen LogP contribution in [0, 0.1) is 24.1 Å². The minimum Gasteiger partial charge on any atom is -0.347 e. The molecule has 2 aromatic heterocycles. The van der Waals surface area contributed by atoms with Crippen LogP contribution in [0.25, 0.3) is 10.9 Å². The lowest BCUT2D eigenvalue weighted by molar-refractivity contribution is -0.124. The lowest BCUT2D eigenvalue weighted by Gasteiger charge is -2.21. The molecule has 7 heteroatoms. The Bertz CT molecular complexity index is 1220. The highest BCUT2D eigenvalue weighted by atomic mass is 19.1. The Morgan fingerprint density at radius 1 is 1.34 bits per heavy atom. The highest BCUT2D eigenvalue weighted by Gasteiger charge is 2.54. The summed E-state index contributed by atoms with van der Waals surface area (Å²) in [6.07, 6.45) is 2.56. The van der Waals surface area contributed by atoms with Crippen molar-refractivity contribution in [1.29, 1.82) is 5.26 Å². The number of aryl methyl sites for hydroxylation is 1. The second kappa shape index (κ2) is 6.82. The van der Waals surface area contributed by atoms with Crippen molar-refractivity contribution in [2.45, 2.75) is 38.1 Å². The van der Waals surface area contributed by atoms with Crippen LogP contribution in [-0.2, 0) is 10.2 Å². The van der Waals surface area contributed by atoms with E-state index in [4.69, 9.17) is 5.26 Å². The average molecular weight is 390 g/mol. The summed E-state index contributed by atoms with van der Waals surface area (Å²) in [7, 11) is 0. The van der Waals surface area contributed by atoms with Gasteiger partial charge in [-0.1, -0.05) is 0 Å². The summed E-state index contributed by atoms with van der Waals surface area (Å²) in [4.78, 5) is 32.9. The van der Waals surface area contributed by atoms with Gasteiger partial charge < -0.3 is 10.3 Å². The number of rotatable bonds is 4. The molecule has 0 aliphatic heterocycles. The van der Waals surface area contributed by atoms with Gasteiger partial charge in [0.1, 0.15) is 11.9 Å². The normalized spacial score (nSPS) is 15.5. The van der Waals surface area contributed by atoms with Gasteiger partial charge in [0.05, 0.1) is 22.7 Å². The predicted molar refractivity (Wildman–Crippen MR) is 106 cm³/mol. The van der Waals surface area contributed by atoms with Gasteiger partial charge in [0.15, 0.2) is 0 Å². The van der Waals surface area contributed by atoms with Gasteiger partial charge in [0, 0.05) is 22.7 Å². The number of pyridine rings is 2. The zero-order valence-corrected chi connectivity index (χ0v) is 16.0. The molecule has 146 valence electrons. The molecule has 1 amide bonds. The number of hydrogen-bond donors (Lipinski definition) is 2. The summed E-state index contributed by atoms with van der Waals surface area (Å²) in [6, 6.07) is 9.16. The van der Waals surface area contributed by atoms with Gasteiger partial charge in [0.2, 0.25) is 5.91 Å². The fraction of sp³-hybridized carbons (Fsp3) is 0.273. The monoisotopic (exact) mass is 390 g/mol. The number of aromatic nitrogens is 2. The molecule has 6 nitrogen and oxygen atoms in total. The number of benzene rings is 1. The maximum absolute atomic E-state index is 13.7. The number of carbonyl (C=O) groups is 1. The summed E-state index contributed by atoms with van der Waals surface area (Å²) in [5.41, 5.74) is 1.39. The van der Waals surface area contributed by atoms with Crippen LogP contribution in [0.15, 0.2) is 41.3 Å². The molecule has 2 heterocycles. The number of hydrogen-bond acceptors (Lipinski definition) is 4. The van der Waals surface area contributed by atoms with Gasteiger partial charge in [-0.25, -0.2) is 4.39 Å². The molecule has 0 spiro atoms. The molecule has 1 fully saturated rings. The van der Waals surface area contributed by atoms with Crippen LogP contribution in [0.4, 0.5) is 4.39 Å². The summed E-state index contributed by atoms with van der Waals surface area (Å²) < 4.78 is 13.7. The first-order chi connectivity index (χ1) is 13.9. The van der Waals surface area contributed by atoms with Crippen molar-refractivity contribution in [3.8, 4) is 6.07 Å². The third kappa shape index (κ3) is 3.17. The fourth-order valence-electron chi connectivity index (χ4n) is 3.85. The molecule has 3 aromatic rings. The van der Waals surface area contributed by atoms with Crippen LogP contribution in [0.2, 0.25) is 0 Å². The van der Waals surface area contributed by atoms with Crippen LogP contribution in [0.5, 0.6) is 0 Å². The van der Waals surface area contributed by atoms with Crippen molar-refractivity contribution < 1.29 is 9.18 Å². The van der Waals surface area contributed by atoms with Crippen molar-refractivity contribution in [1.82, 2.24) is 15.3 Å². The molecule has 0 unspecified atom stereocenters. The van der Waals surface area contributed by atoms with E-state index in [0.29, 0.717) is 46.1 Å². The number of halogens is 1. The molecule has 0 bridgehead atoms. The number of nitrogens with one attached hydrogen (secondary N) is 2. The third-order valence-corrected chi connectivity index (χ3v) is 5.61. The smallest absolute Gasteiger partial charge is 0.252 e. The van der Waals surface area contributed by atoms with E-state index >= 15 is 0 Å². The Balaban J connectivity index is 1.67. The van der Waals surface area contributed by atoms with Crippen molar-refractivity contribution in [2.75, 3.05) is 0 Å². The Morgan fingerprint density at radius 3 is 2.72 bits per heavy atom. The minimum absolute atomic E-state index is 0.250. The summed E-state index contributed by atoms with van der Waals surface area (Å²) in [5, 5.41) is 12.4. The molecule has 1 saturated carbocycles. The predicted octanol–water partition coefficient (Wildman–Crippen LogP) is 3.15. The second-order valence-corrected chi connectivity index (χ2v) is 7.50. The van der Waals surface area contributed by atoms with E-state index < -0.39 is 11.2 Å². The number of fused-ring (bicyclic) bond motifs is 1. The number of nitriles is 1. The number of amides is 1. The number of nitrogens with zero attached hydrogens (tertiary/aromatic N) is 2. The number of aromatic amines is 1. The van der Waals surface area contributed by atoms with Gasteiger partial charge in [0.25, 0.3) is 5.56 Å². The summed E-state index contributed by atoms with van der Waals surface area (Å²) >= 11 is 0. The Morgan fingerprint density at radius 2 is 2.10 bits per heavy atom. The van der Waals surface area contributed by atoms with Crippen LogP contribution < -0.4 is 10.9 Å². The minimum atomic E-state index is -0.918. The largest absolute Gasteiger partial charge is 0.347 e. The molecule has 0 radical (unpaired) electrons. The third-order valence-electron chi connectivity index (χ3n) is 5.61. The quantitative estimate of drug-likeness (QED) is 0.715. The van der Waals surface area contributed by atoms with Gasteiger partial charge in [-0.05, 0) is 62.6 Å². The van der Waals surface area contributed by atoms with Crippen molar-refractivity contribution in [2.24, 2.45) is 0 Å². The highest BCUT2D eigenvalue weighted by Crippen LogP contribution is 2.49. The van der Waals surface area contributed by atoms with E-state index in [1.54, 1.807) is 26.0 Å². The van der Waals surface area contributed by atoms with Crippen molar-refractivity contribution in [3.63, 3.8) is 0 Å². The van der Waals surface area contributed by atoms with E-state index in [0.717, 1.165) is 0 Å². The first-order valence-electron chi connectivity index (χ1n) is 9.35. The van der Waals surface area contributed by atoms with Crippen LogP contribution in [0.1, 0.15) is 48.2 Å². The fourth-order valence-corrected chi connectivity index (χ4v) is 3.85. The zero-order chi connectivity index (χ0) is 20.8. The zero-order valence-electron chi connectivity index (χ0n) is 16.0. The molecule has 2 N–H and O–H groups in total. The molecular formula is C22H19FN4O2. The lowest BCUT2D eigenvalue weighted by atomic mass is 9.90. The van der Waals surface area contributed by atoms with Gasteiger partial charge in [-0.2, -0.15) is 5.26 Å². The maximum atomic E-state index is 13.7. The summed E-state index contributed by atoms with van der Waals surface area (Å²) in [5.74, 6) is -0.645. The topological polar surface area (TPSA) is 98.6 Å². The highest BCUT2D eigenvalue weighted by molar-refractivity contribution is 5.94. The standard InChI is InChI=1S/C22H19FN4O2/c1-12-16-9-15(23)4-6-18(16)27-20(28)19(12)22(7-8-22)21(29)26-13(2)17-5-3-14(10-24)11-25-17/h3-6,9,11,13H,7-8H2,1-2H3,(H,26,29)(H,27,28)/t13-/m0/s1. The van der Waals surface area contributed by atoms with E-state index in [1.807, 2.05) is 6.07 Å². The number of carbonyl (C=O) groups excluding carboxylic acids is 1. The van der Waals surface area contributed by atoms with Crippen LogP contribution >= 0.6 is 0 Å². The molecule has 1 atom stereocenters. The first-order valence-corrected chi connectivity index (χ1v) is 9.35. The van der Waals surface area contributed by atoms with Crippen molar-refractivity contribution in [3.05, 3.63) is 75.1 Å². The first kappa shape index (κ1) is 18.8. The van der Waals surface area contributed by atoms with E-state index in [9.17, 15) is 14.0 Å². The Labute approximate surface area is 166 Å². The molecule has 1 aliphatic carbocycles. The number of H-pyrrole nitrogens is 1. The second-order valence-electron chi connectivity index (χ2n) is 7.50. The maximum Gasteiger partial charge on any atom is 0.252 e. The molecule has 4 rings (SSSR count). The van der Waals surface area contributed by atoms with Crippen LogP contribution in [-0.4, -0.2) is 15.9 Å². The van der Waals surface area contributed by atoms with Crippen LogP contribution in [0.3, 0.4) is 0 Å². The summed E-state index contributed by atoms with van der Waals surface area (Å²) in [6.45, 7) is 3.56. The average Bonchev–Trinajstić information content (AvgIpc) is 3.50. The van der Waals surface area contributed by atoms with Crippen molar-refractivity contribution >= 4 is 16.8 Å². The van der Waals surface area contributed by atoms with E-state index in [1.165, 1.54) is 24.4 Å².